The van der Waals surface area contributed by atoms with E-state index in [2.05, 4.69) is 5.32 Å². The van der Waals surface area contributed by atoms with E-state index in [4.69, 9.17) is 5.73 Å². The summed E-state index contributed by atoms with van der Waals surface area (Å²) < 4.78 is 0. The Kier molecular flexibility index (Phi) is 6.20. The molecule has 0 unspecified atom stereocenters. The smallest absolute Gasteiger partial charge is 0.248 e. The van der Waals surface area contributed by atoms with Gasteiger partial charge in [-0.15, -0.1) is 0 Å². The molecule has 0 radical (unpaired) electrons. The molecule has 3 N–H and O–H groups in total. The van der Waals surface area contributed by atoms with Crippen LogP contribution in [0.25, 0.3) is 0 Å². The van der Waals surface area contributed by atoms with Crippen LogP contribution in [0.2, 0.25) is 0 Å². The molecule has 82 valence electrons. The van der Waals surface area contributed by atoms with E-state index in [9.17, 15) is 4.79 Å². The Labute approximate surface area is 88.3 Å². The van der Waals surface area contributed by atoms with E-state index in [0.717, 1.165) is 12.2 Å². The average Bonchev–Trinajstić information content (AvgIpc) is 2.22. The van der Waals surface area contributed by atoms with E-state index in [0.29, 0.717) is 5.56 Å². The van der Waals surface area contributed by atoms with Crippen molar-refractivity contribution in [1.82, 2.24) is 0 Å². The first-order valence-electron chi connectivity index (χ1n) is 4.87. The van der Waals surface area contributed by atoms with Gasteiger partial charge in [0.1, 0.15) is 0 Å². The minimum absolute atomic E-state index is 0. The Hall–Kier alpha value is -1.51. The largest absolute Gasteiger partial charge is 0.385 e. The van der Waals surface area contributed by atoms with E-state index in [1.54, 1.807) is 18.2 Å². The molecule has 1 aromatic rings. The molecule has 1 aromatic carbocycles. The third-order valence-corrected chi connectivity index (χ3v) is 1.53. The SMILES string of the molecule is CC.CCNc1cccc(C(N)=O)c1.[HH].[HH]. The molecule has 0 aliphatic heterocycles. The third kappa shape index (κ3) is 3.94. The first-order valence-corrected chi connectivity index (χ1v) is 4.87. The summed E-state index contributed by atoms with van der Waals surface area (Å²) in [6.45, 7) is 6.83. The number of carbonyl (C=O) groups excluding carboxylic acids is 1. The number of nitrogens with one attached hydrogen (secondary N) is 1. The number of primary amides is 1. The summed E-state index contributed by atoms with van der Waals surface area (Å²) in [6, 6.07) is 7.14. The van der Waals surface area contributed by atoms with Gasteiger partial charge in [0.25, 0.3) is 0 Å². The fraction of sp³-hybridized carbons (Fsp3) is 0.364. The lowest BCUT2D eigenvalue weighted by molar-refractivity contribution is 0.100. The zero-order valence-corrected chi connectivity index (χ0v) is 9.00. The molecule has 1 amide bonds. The van der Waals surface area contributed by atoms with Gasteiger partial charge in [-0.05, 0) is 25.1 Å². The van der Waals surface area contributed by atoms with Crippen LogP contribution < -0.4 is 11.1 Å². The van der Waals surface area contributed by atoms with Crippen LogP contribution >= 0.6 is 0 Å². The van der Waals surface area contributed by atoms with Crippen molar-refractivity contribution in [2.24, 2.45) is 5.73 Å². The van der Waals surface area contributed by atoms with Crippen LogP contribution in [0.1, 0.15) is 34.0 Å². The summed E-state index contributed by atoms with van der Waals surface area (Å²) >= 11 is 0. The van der Waals surface area contributed by atoms with Gasteiger partial charge in [-0.2, -0.15) is 0 Å². The van der Waals surface area contributed by atoms with Crippen molar-refractivity contribution in [2.75, 3.05) is 11.9 Å². The lowest BCUT2D eigenvalue weighted by atomic mass is 10.2. The number of hydrogen-bond acceptors (Lipinski definition) is 2. The Balaban J connectivity index is -0.000000399. The number of amides is 1. The van der Waals surface area contributed by atoms with Crippen LogP contribution in [0.4, 0.5) is 5.69 Å². The molecule has 0 fully saturated rings. The fourth-order valence-corrected chi connectivity index (χ4v) is 0.987. The minimum Gasteiger partial charge on any atom is -0.385 e. The number of benzene rings is 1. The second kappa shape index (κ2) is 6.95. The van der Waals surface area contributed by atoms with Gasteiger partial charge in [-0.1, -0.05) is 19.9 Å². The molecule has 0 aliphatic carbocycles. The Morgan fingerprint density at radius 3 is 2.64 bits per heavy atom. The summed E-state index contributed by atoms with van der Waals surface area (Å²) in [7, 11) is 0. The van der Waals surface area contributed by atoms with E-state index >= 15 is 0 Å². The van der Waals surface area contributed by atoms with Crippen molar-refractivity contribution < 1.29 is 7.65 Å². The number of anilines is 1. The van der Waals surface area contributed by atoms with Gasteiger partial charge < -0.3 is 11.1 Å². The molecule has 0 bridgehead atoms. The Morgan fingerprint density at radius 1 is 1.50 bits per heavy atom. The maximum absolute atomic E-state index is 10.8. The van der Waals surface area contributed by atoms with Crippen LogP contribution in [0.15, 0.2) is 24.3 Å². The highest BCUT2D eigenvalue weighted by molar-refractivity contribution is 5.93. The first kappa shape index (κ1) is 12.5. The van der Waals surface area contributed by atoms with Gasteiger partial charge in [0, 0.05) is 20.6 Å². The molecule has 0 aliphatic rings. The first-order chi connectivity index (χ1) is 6.74. The predicted octanol–water partition coefficient (Wildman–Crippen LogP) is 2.74. The molecule has 1 rings (SSSR count). The van der Waals surface area contributed by atoms with Gasteiger partial charge in [0.05, 0.1) is 0 Å². The molecule has 0 aromatic heterocycles. The highest BCUT2D eigenvalue weighted by Crippen LogP contribution is 2.09. The molecule has 0 spiro atoms. The van der Waals surface area contributed by atoms with Crippen LogP contribution in [-0.2, 0) is 0 Å². The number of hydrogen-bond donors (Lipinski definition) is 2. The number of nitrogens with two attached hydrogens (primary N) is 1. The fourth-order valence-electron chi connectivity index (χ4n) is 0.987. The van der Waals surface area contributed by atoms with Gasteiger partial charge in [0.2, 0.25) is 5.91 Å². The second-order valence-corrected chi connectivity index (χ2v) is 2.48. The van der Waals surface area contributed by atoms with Crippen LogP contribution in [0, 0.1) is 0 Å². The second-order valence-electron chi connectivity index (χ2n) is 2.48. The van der Waals surface area contributed by atoms with Crippen molar-refractivity contribution in [3.8, 4) is 0 Å². The standard InChI is InChI=1S/C9H12N2O.C2H6.2H2/c1-2-11-8-5-3-4-7(6-8)9(10)12;1-2;;/h3-6,11H,2H2,1H3,(H2,10,12);1-2H3;2*1H. The lowest BCUT2D eigenvalue weighted by Gasteiger charge is -2.03. The van der Waals surface area contributed by atoms with Crippen LogP contribution in [0.3, 0.4) is 0 Å². The van der Waals surface area contributed by atoms with E-state index < -0.39 is 5.91 Å². The summed E-state index contributed by atoms with van der Waals surface area (Å²) in [6.07, 6.45) is 0. The van der Waals surface area contributed by atoms with Crippen molar-refractivity contribution in [3.05, 3.63) is 29.8 Å². The predicted molar refractivity (Wildman–Crippen MR) is 64.7 cm³/mol. The molecule has 0 atom stereocenters. The molecular weight excluding hydrogens is 176 g/mol. The number of carbonyl (C=O) groups is 1. The average molecular weight is 198 g/mol. The molecule has 0 saturated carbocycles. The van der Waals surface area contributed by atoms with Gasteiger partial charge in [-0.25, -0.2) is 0 Å². The third-order valence-electron chi connectivity index (χ3n) is 1.53. The Bertz CT molecular complexity index is 293. The van der Waals surface area contributed by atoms with Crippen LogP contribution in [-0.4, -0.2) is 12.5 Å². The zero-order chi connectivity index (χ0) is 11.0. The maximum Gasteiger partial charge on any atom is 0.248 e. The van der Waals surface area contributed by atoms with E-state index in [1.807, 2.05) is 26.8 Å². The Morgan fingerprint density at radius 2 is 2.14 bits per heavy atom. The monoisotopic (exact) mass is 198 g/mol. The topological polar surface area (TPSA) is 55.1 Å². The summed E-state index contributed by atoms with van der Waals surface area (Å²) in [5.41, 5.74) is 6.57. The lowest BCUT2D eigenvalue weighted by Crippen LogP contribution is -2.11. The summed E-state index contributed by atoms with van der Waals surface area (Å²) in [5.74, 6) is -0.394. The molecular formula is C11H22N2O. The van der Waals surface area contributed by atoms with E-state index in [-0.39, 0.29) is 2.85 Å². The molecule has 0 saturated heterocycles. The molecule has 0 heterocycles. The minimum atomic E-state index is -0.394. The normalized spacial score (nSPS) is 8.50. The van der Waals surface area contributed by atoms with Gasteiger partial charge in [0.15, 0.2) is 0 Å². The van der Waals surface area contributed by atoms with Crippen molar-refractivity contribution in [1.29, 1.82) is 0 Å². The molecule has 14 heavy (non-hydrogen) atoms. The quantitative estimate of drug-likeness (QED) is 0.784. The summed E-state index contributed by atoms with van der Waals surface area (Å²) in [5, 5.41) is 3.10. The van der Waals surface area contributed by atoms with Gasteiger partial charge in [-0.3, -0.25) is 4.79 Å². The highest BCUT2D eigenvalue weighted by Gasteiger charge is 1.99. The molecule has 3 heteroatoms. The van der Waals surface area contributed by atoms with Crippen LogP contribution in [0.5, 0.6) is 0 Å². The zero-order valence-electron chi connectivity index (χ0n) is 9.00. The summed E-state index contributed by atoms with van der Waals surface area (Å²) in [4.78, 5) is 10.8. The van der Waals surface area contributed by atoms with Crippen molar-refractivity contribution in [3.63, 3.8) is 0 Å². The van der Waals surface area contributed by atoms with Crippen molar-refractivity contribution >= 4 is 11.6 Å². The highest BCUT2D eigenvalue weighted by atomic mass is 16.1. The number of rotatable bonds is 3. The molecule has 3 nitrogen and oxygen atoms in total. The van der Waals surface area contributed by atoms with Crippen molar-refractivity contribution in [2.45, 2.75) is 20.8 Å². The maximum atomic E-state index is 10.8. The van der Waals surface area contributed by atoms with Gasteiger partial charge >= 0.3 is 0 Å². The van der Waals surface area contributed by atoms with E-state index in [1.165, 1.54) is 0 Å².